The van der Waals surface area contributed by atoms with Crippen molar-refractivity contribution in [1.29, 1.82) is 0 Å². The minimum atomic E-state index is -1.68. The maximum Gasteiger partial charge on any atom is 0.509 e. The number of carbonyl (C=O) groups excluding carboxylic acids is 5. The fourth-order valence-electron chi connectivity index (χ4n) is 7.46. The van der Waals surface area contributed by atoms with Crippen molar-refractivity contribution in [1.82, 2.24) is 0 Å². The van der Waals surface area contributed by atoms with Crippen molar-refractivity contribution < 1.29 is 42.9 Å². The Morgan fingerprint density at radius 2 is 1.81 bits per heavy atom. The zero-order valence-electron chi connectivity index (χ0n) is 22.2. The van der Waals surface area contributed by atoms with E-state index in [4.69, 9.17) is 18.9 Å². The average Bonchev–Trinajstić information content (AvgIpc) is 3.09. The number of fused-ring (bicyclic) bond motifs is 5. The third-order valence-electron chi connectivity index (χ3n) is 9.00. The minimum Gasteiger partial charge on any atom is -0.435 e. The number of allylic oxidation sites excluding steroid dienone is 4. The molecule has 0 spiro atoms. The molecule has 4 aliphatic carbocycles. The standard InChI is InChI=1S/C28H36O9/c1-6-34-25(33)37-28(22(31)15-35-24(32)36-16(2)3)12-10-20-19-8-7-17-13-18(29)9-11-26(17,4)23(19)21(30)14-27(20,28)5/h9,11,13,16,19-20,23H,6-8,10,12,14-15H2,1-5H3/t19-,20-,23+,26-,27-,28-/m0/s1. The van der Waals surface area contributed by atoms with Crippen LogP contribution in [0.15, 0.2) is 23.8 Å². The van der Waals surface area contributed by atoms with Crippen molar-refractivity contribution in [3.8, 4) is 0 Å². The molecule has 0 amide bonds. The van der Waals surface area contributed by atoms with Gasteiger partial charge in [0.15, 0.2) is 18.0 Å². The summed E-state index contributed by atoms with van der Waals surface area (Å²) in [7, 11) is 0. The van der Waals surface area contributed by atoms with Gasteiger partial charge in [-0.25, -0.2) is 9.59 Å². The highest BCUT2D eigenvalue weighted by atomic mass is 16.7. The smallest absolute Gasteiger partial charge is 0.435 e. The van der Waals surface area contributed by atoms with Gasteiger partial charge in [-0.15, -0.1) is 0 Å². The van der Waals surface area contributed by atoms with E-state index >= 15 is 0 Å². The molecule has 0 heterocycles. The summed E-state index contributed by atoms with van der Waals surface area (Å²) in [5, 5.41) is 0. The molecular formula is C28H36O9. The van der Waals surface area contributed by atoms with Crippen LogP contribution < -0.4 is 0 Å². The molecule has 4 aliphatic rings. The Balaban J connectivity index is 1.67. The summed E-state index contributed by atoms with van der Waals surface area (Å²) >= 11 is 0. The number of carbonyl (C=O) groups is 5. The molecule has 3 fully saturated rings. The second-order valence-corrected chi connectivity index (χ2v) is 11.3. The van der Waals surface area contributed by atoms with Crippen LogP contribution in [0.1, 0.15) is 66.7 Å². The van der Waals surface area contributed by atoms with E-state index in [1.807, 2.05) is 19.9 Å². The van der Waals surface area contributed by atoms with Crippen LogP contribution in [0.3, 0.4) is 0 Å². The van der Waals surface area contributed by atoms with Crippen LogP contribution >= 0.6 is 0 Å². The molecule has 37 heavy (non-hydrogen) atoms. The maximum atomic E-state index is 13.9. The molecular weight excluding hydrogens is 480 g/mol. The Morgan fingerprint density at radius 1 is 1.08 bits per heavy atom. The molecule has 202 valence electrons. The molecule has 0 N–H and O–H groups in total. The van der Waals surface area contributed by atoms with Crippen molar-refractivity contribution >= 4 is 29.7 Å². The lowest BCUT2D eigenvalue weighted by molar-refractivity contribution is -0.173. The summed E-state index contributed by atoms with van der Waals surface area (Å²) in [6, 6.07) is 0. The molecule has 0 aromatic rings. The van der Waals surface area contributed by atoms with Crippen LogP contribution in [0.25, 0.3) is 0 Å². The Kier molecular flexibility index (Phi) is 7.12. The third kappa shape index (κ3) is 4.40. The van der Waals surface area contributed by atoms with Gasteiger partial charge in [0.05, 0.1) is 12.7 Å². The van der Waals surface area contributed by atoms with E-state index in [0.717, 1.165) is 5.57 Å². The predicted octanol–water partition coefficient (Wildman–Crippen LogP) is 4.52. The van der Waals surface area contributed by atoms with Crippen LogP contribution in [0.4, 0.5) is 9.59 Å². The van der Waals surface area contributed by atoms with Gasteiger partial charge < -0.3 is 18.9 Å². The van der Waals surface area contributed by atoms with Gasteiger partial charge >= 0.3 is 12.3 Å². The number of ketones is 3. The molecule has 9 nitrogen and oxygen atoms in total. The van der Waals surface area contributed by atoms with E-state index in [0.29, 0.717) is 19.3 Å². The Bertz CT molecular complexity index is 1070. The highest BCUT2D eigenvalue weighted by Crippen LogP contribution is 2.67. The number of hydrogen-bond acceptors (Lipinski definition) is 9. The van der Waals surface area contributed by atoms with Gasteiger partial charge in [0, 0.05) is 23.2 Å². The first-order valence-corrected chi connectivity index (χ1v) is 13.1. The molecule has 0 aromatic carbocycles. The lowest BCUT2D eigenvalue weighted by Gasteiger charge is -2.57. The van der Waals surface area contributed by atoms with E-state index in [9.17, 15) is 24.0 Å². The summed E-state index contributed by atoms with van der Waals surface area (Å²) in [6.45, 7) is 8.19. The molecule has 0 bridgehead atoms. The monoisotopic (exact) mass is 516 g/mol. The van der Waals surface area contributed by atoms with Crippen molar-refractivity contribution in [2.24, 2.45) is 28.6 Å². The third-order valence-corrected chi connectivity index (χ3v) is 9.00. The Morgan fingerprint density at radius 3 is 2.49 bits per heavy atom. The number of hydrogen-bond donors (Lipinski definition) is 0. The molecule has 9 heteroatoms. The van der Waals surface area contributed by atoms with Crippen molar-refractivity contribution in [2.45, 2.75) is 78.4 Å². The van der Waals surface area contributed by atoms with E-state index in [-0.39, 0.29) is 48.8 Å². The fourth-order valence-corrected chi connectivity index (χ4v) is 7.46. The van der Waals surface area contributed by atoms with Crippen LogP contribution in [0, 0.1) is 28.6 Å². The van der Waals surface area contributed by atoms with E-state index in [1.54, 1.807) is 26.8 Å². The number of rotatable bonds is 6. The van der Waals surface area contributed by atoms with Crippen LogP contribution in [-0.2, 0) is 33.3 Å². The SMILES string of the molecule is CCOC(=O)O[C@]1(C(=O)COC(=O)OC(C)C)CC[C@H]2[C@@H]3CCC4=CC(=O)C=C[C@]4(C)[C@H]3C(=O)C[C@@]21C. The normalized spacial score (nSPS) is 36.2. The first-order valence-electron chi connectivity index (χ1n) is 13.1. The van der Waals surface area contributed by atoms with Gasteiger partial charge in [-0.1, -0.05) is 25.5 Å². The summed E-state index contributed by atoms with van der Waals surface area (Å²) < 4.78 is 20.9. The van der Waals surface area contributed by atoms with Gasteiger partial charge in [-0.2, -0.15) is 0 Å². The fraction of sp³-hybridized carbons (Fsp3) is 0.679. The van der Waals surface area contributed by atoms with Crippen molar-refractivity contribution in [3.63, 3.8) is 0 Å². The molecule has 0 aliphatic heterocycles. The topological polar surface area (TPSA) is 122 Å². The van der Waals surface area contributed by atoms with E-state index in [1.165, 1.54) is 6.08 Å². The first-order chi connectivity index (χ1) is 17.4. The summed E-state index contributed by atoms with van der Waals surface area (Å²) in [4.78, 5) is 64.2. The average molecular weight is 517 g/mol. The molecule has 0 radical (unpaired) electrons. The van der Waals surface area contributed by atoms with Gasteiger partial charge in [0.25, 0.3) is 0 Å². The van der Waals surface area contributed by atoms with Crippen molar-refractivity contribution in [2.75, 3.05) is 13.2 Å². The highest BCUT2D eigenvalue weighted by Gasteiger charge is 2.70. The number of Topliss-reactive ketones (excluding diaryl/α,β-unsaturated/α-hetero) is 2. The van der Waals surface area contributed by atoms with Gasteiger partial charge in [-0.3, -0.25) is 14.4 Å². The molecule has 6 atom stereocenters. The zero-order chi connectivity index (χ0) is 27.2. The predicted molar refractivity (Wildman–Crippen MR) is 130 cm³/mol. The van der Waals surface area contributed by atoms with E-state index < -0.39 is 47.2 Å². The quantitative estimate of drug-likeness (QED) is 0.469. The number of ether oxygens (including phenoxy) is 4. The van der Waals surface area contributed by atoms with Crippen LogP contribution in [0.5, 0.6) is 0 Å². The molecule has 0 unspecified atom stereocenters. The summed E-state index contributed by atoms with van der Waals surface area (Å²) in [6.07, 6.45) is 4.78. The summed E-state index contributed by atoms with van der Waals surface area (Å²) in [5.41, 5.74) is -2.28. The van der Waals surface area contributed by atoms with E-state index in [2.05, 4.69) is 0 Å². The molecule has 0 aromatic heterocycles. The maximum absolute atomic E-state index is 13.9. The Labute approximate surface area is 216 Å². The summed E-state index contributed by atoms with van der Waals surface area (Å²) in [5.74, 6) is -1.17. The molecule has 4 rings (SSSR count). The van der Waals surface area contributed by atoms with Crippen molar-refractivity contribution in [3.05, 3.63) is 23.8 Å². The van der Waals surface area contributed by atoms with Gasteiger partial charge in [0.2, 0.25) is 5.78 Å². The second-order valence-electron chi connectivity index (χ2n) is 11.3. The first kappa shape index (κ1) is 27.1. The zero-order valence-corrected chi connectivity index (χ0v) is 22.2. The molecule has 3 saturated carbocycles. The Hall–Kier alpha value is -2.97. The van der Waals surface area contributed by atoms with Gasteiger partial charge in [0.1, 0.15) is 5.78 Å². The second kappa shape index (κ2) is 9.72. The molecule has 0 saturated heterocycles. The van der Waals surface area contributed by atoms with Gasteiger partial charge in [-0.05, 0) is 70.4 Å². The lowest BCUT2D eigenvalue weighted by atomic mass is 9.46. The van der Waals surface area contributed by atoms with Crippen LogP contribution in [-0.4, -0.2) is 54.6 Å². The van der Waals surface area contributed by atoms with Crippen LogP contribution in [0.2, 0.25) is 0 Å². The highest BCUT2D eigenvalue weighted by molar-refractivity contribution is 6.02. The minimum absolute atomic E-state index is 0.0189. The largest absolute Gasteiger partial charge is 0.509 e. The lowest BCUT2D eigenvalue weighted by Crippen LogP contribution is -2.62.